The van der Waals surface area contributed by atoms with Gasteiger partial charge >= 0.3 is 18.2 Å². The number of amides is 3. The van der Waals surface area contributed by atoms with Gasteiger partial charge < -0.3 is 10.0 Å². The number of carbonyl (C=O) groups excluding carboxylic acids is 2. The van der Waals surface area contributed by atoms with Crippen LogP contribution >= 0.6 is 11.8 Å². The van der Waals surface area contributed by atoms with E-state index in [2.05, 4.69) is 18.8 Å². The van der Waals surface area contributed by atoms with Crippen LogP contribution in [0.4, 0.5) is 23.7 Å². The number of hydrogen-bond donors (Lipinski definition) is 1. The highest BCUT2D eigenvalue weighted by atomic mass is 32.2. The second kappa shape index (κ2) is 10.2. The van der Waals surface area contributed by atoms with Gasteiger partial charge in [-0.2, -0.15) is 13.2 Å². The normalized spacial score (nSPS) is 15.5. The van der Waals surface area contributed by atoms with Gasteiger partial charge in [-0.15, -0.1) is 11.8 Å². The maximum absolute atomic E-state index is 13.0. The van der Waals surface area contributed by atoms with Crippen molar-refractivity contribution in [1.29, 1.82) is 0 Å². The van der Waals surface area contributed by atoms with E-state index in [-0.39, 0.29) is 11.9 Å². The van der Waals surface area contributed by atoms with E-state index in [0.29, 0.717) is 17.5 Å². The van der Waals surface area contributed by atoms with Gasteiger partial charge in [0.2, 0.25) is 0 Å². The highest BCUT2D eigenvalue weighted by Crippen LogP contribution is 2.34. The van der Waals surface area contributed by atoms with Gasteiger partial charge in [-0.1, -0.05) is 13.8 Å². The molecule has 1 aromatic heterocycles. The first-order valence-corrected chi connectivity index (χ1v) is 10.7. The van der Waals surface area contributed by atoms with Crippen molar-refractivity contribution in [3.05, 3.63) is 54.4 Å². The van der Waals surface area contributed by atoms with E-state index >= 15 is 0 Å². The molecule has 1 aliphatic heterocycles. The van der Waals surface area contributed by atoms with Crippen LogP contribution in [-0.2, 0) is 16.1 Å². The average Bonchev–Trinajstić information content (AvgIpc) is 2.88. The van der Waals surface area contributed by atoms with Crippen LogP contribution in [0.1, 0.15) is 33.3 Å². The molecule has 1 aliphatic rings. The zero-order valence-electron chi connectivity index (χ0n) is 18.5. The highest BCUT2D eigenvalue weighted by molar-refractivity contribution is 7.99. The first kappa shape index (κ1) is 26.2. The number of halogens is 3. The molecule has 33 heavy (non-hydrogen) atoms. The number of carboxylic acids is 1. The standard InChI is InChI=1S/C20H23N3O2S.C2HF3O2/c1-14(2)26-17-7-5-16(6-8-17)23-18(24)20(3,4)22(19(23)25)13-15-9-11-21-12-10-15;3-2(4,5)1(6)7/h5-12,14H,13H2,1-4H3;(H,6,7). The number of alkyl halides is 3. The second-order valence-corrected chi connectivity index (χ2v) is 9.54. The zero-order chi connectivity index (χ0) is 25.0. The molecule has 2 aromatic rings. The van der Waals surface area contributed by atoms with E-state index in [1.807, 2.05) is 36.4 Å². The number of imide groups is 1. The molecule has 0 bridgehead atoms. The fourth-order valence-corrected chi connectivity index (χ4v) is 3.78. The molecule has 3 rings (SSSR count). The summed E-state index contributed by atoms with van der Waals surface area (Å²) in [7, 11) is 0. The quantitative estimate of drug-likeness (QED) is 0.477. The number of benzene rings is 1. The van der Waals surface area contributed by atoms with Crippen LogP contribution in [0.2, 0.25) is 0 Å². The Bertz CT molecular complexity index is 996. The first-order valence-electron chi connectivity index (χ1n) is 9.87. The minimum atomic E-state index is -5.08. The molecule has 2 heterocycles. The Morgan fingerprint density at radius 2 is 1.61 bits per heavy atom. The van der Waals surface area contributed by atoms with E-state index in [9.17, 15) is 22.8 Å². The van der Waals surface area contributed by atoms with E-state index < -0.39 is 17.7 Å². The number of thioether (sulfide) groups is 1. The van der Waals surface area contributed by atoms with Crippen LogP contribution < -0.4 is 4.90 Å². The molecule has 1 fully saturated rings. The van der Waals surface area contributed by atoms with Crippen LogP contribution in [0.15, 0.2) is 53.7 Å². The lowest BCUT2D eigenvalue weighted by atomic mass is 10.0. The summed E-state index contributed by atoms with van der Waals surface area (Å²) in [5, 5.41) is 7.60. The minimum Gasteiger partial charge on any atom is -0.475 e. The van der Waals surface area contributed by atoms with Crippen LogP contribution in [0, 0.1) is 0 Å². The van der Waals surface area contributed by atoms with Crippen LogP contribution in [0.25, 0.3) is 0 Å². The SMILES string of the molecule is CC(C)Sc1ccc(N2C(=O)N(Cc3ccncc3)C(C)(C)C2=O)cc1.O=C(O)C(F)(F)F. The molecule has 1 N–H and O–H groups in total. The summed E-state index contributed by atoms with van der Waals surface area (Å²) < 4.78 is 31.7. The number of pyridine rings is 1. The van der Waals surface area contributed by atoms with Crippen molar-refractivity contribution >= 4 is 35.4 Å². The summed E-state index contributed by atoms with van der Waals surface area (Å²) in [6.45, 7) is 8.21. The maximum atomic E-state index is 13.0. The average molecular weight is 484 g/mol. The van der Waals surface area contributed by atoms with Crippen molar-refractivity contribution in [2.45, 2.75) is 56.1 Å². The molecule has 1 saturated heterocycles. The van der Waals surface area contributed by atoms with Gasteiger partial charge in [0.05, 0.1) is 5.69 Å². The molecule has 0 saturated carbocycles. The molecule has 11 heteroatoms. The molecule has 0 atom stereocenters. The molecule has 0 aliphatic carbocycles. The van der Waals surface area contributed by atoms with Crippen LogP contribution in [-0.4, -0.2) is 49.9 Å². The Morgan fingerprint density at radius 1 is 1.09 bits per heavy atom. The van der Waals surface area contributed by atoms with Gasteiger partial charge in [0.25, 0.3) is 5.91 Å². The lowest BCUT2D eigenvalue weighted by Crippen LogP contribution is -2.43. The third kappa shape index (κ3) is 6.47. The summed E-state index contributed by atoms with van der Waals surface area (Å²) in [5.41, 5.74) is 0.657. The Hall–Kier alpha value is -3.08. The fourth-order valence-electron chi connectivity index (χ4n) is 2.95. The van der Waals surface area contributed by atoms with Crippen molar-refractivity contribution in [2.75, 3.05) is 4.90 Å². The molecule has 7 nitrogen and oxygen atoms in total. The van der Waals surface area contributed by atoms with Crippen molar-refractivity contribution in [2.24, 2.45) is 0 Å². The predicted octanol–water partition coefficient (Wildman–Crippen LogP) is 4.96. The van der Waals surface area contributed by atoms with Crippen molar-refractivity contribution in [1.82, 2.24) is 9.88 Å². The molecule has 0 radical (unpaired) electrons. The molecule has 3 amide bonds. The number of aliphatic carboxylic acids is 1. The monoisotopic (exact) mass is 483 g/mol. The highest BCUT2D eigenvalue weighted by Gasteiger charge is 2.51. The summed E-state index contributed by atoms with van der Waals surface area (Å²) in [6.07, 6.45) is -1.71. The maximum Gasteiger partial charge on any atom is 0.490 e. The topological polar surface area (TPSA) is 90.8 Å². The van der Waals surface area contributed by atoms with Gasteiger partial charge in [0.1, 0.15) is 5.54 Å². The number of urea groups is 1. The van der Waals surface area contributed by atoms with Gasteiger partial charge in [0, 0.05) is 29.1 Å². The Balaban J connectivity index is 0.000000479. The third-order valence-corrected chi connectivity index (χ3v) is 5.64. The van der Waals surface area contributed by atoms with Crippen LogP contribution in [0.3, 0.4) is 0 Å². The molecule has 0 spiro atoms. The minimum absolute atomic E-state index is 0.208. The zero-order valence-corrected chi connectivity index (χ0v) is 19.3. The van der Waals surface area contributed by atoms with Gasteiger partial charge in [0.15, 0.2) is 0 Å². The van der Waals surface area contributed by atoms with Crippen molar-refractivity contribution < 1.29 is 32.7 Å². The summed E-state index contributed by atoms with van der Waals surface area (Å²) in [5.74, 6) is -2.96. The first-order chi connectivity index (χ1) is 15.2. The van der Waals surface area contributed by atoms with E-state index in [4.69, 9.17) is 9.90 Å². The number of carbonyl (C=O) groups is 3. The predicted molar refractivity (Wildman–Crippen MR) is 118 cm³/mol. The van der Waals surface area contributed by atoms with E-state index in [0.717, 1.165) is 10.5 Å². The number of rotatable bonds is 5. The number of carboxylic acid groups (broad SMARTS) is 1. The summed E-state index contributed by atoms with van der Waals surface area (Å²) >= 11 is 1.75. The third-order valence-electron chi connectivity index (χ3n) is 4.62. The number of hydrogen-bond acceptors (Lipinski definition) is 5. The van der Waals surface area contributed by atoms with E-state index in [1.165, 1.54) is 4.90 Å². The molecule has 1 aromatic carbocycles. The molecular formula is C22H24F3N3O4S. The lowest BCUT2D eigenvalue weighted by molar-refractivity contribution is -0.192. The van der Waals surface area contributed by atoms with Crippen molar-refractivity contribution in [3.8, 4) is 0 Å². The molecule has 0 unspecified atom stereocenters. The molecule has 178 valence electrons. The van der Waals surface area contributed by atoms with Gasteiger partial charge in [-0.05, 0) is 55.8 Å². The number of anilines is 1. The summed E-state index contributed by atoms with van der Waals surface area (Å²) in [4.78, 5) is 42.9. The lowest BCUT2D eigenvalue weighted by Gasteiger charge is -2.27. The largest absolute Gasteiger partial charge is 0.490 e. The Labute approximate surface area is 193 Å². The second-order valence-electron chi connectivity index (χ2n) is 7.89. The Morgan fingerprint density at radius 3 is 2.06 bits per heavy atom. The smallest absolute Gasteiger partial charge is 0.475 e. The van der Waals surface area contributed by atoms with Crippen molar-refractivity contribution in [3.63, 3.8) is 0 Å². The number of aromatic nitrogens is 1. The fraction of sp³-hybridized carbons (Fsp3) is 0.364. The van der Waals surface area contributed by atoms with E-state index in [1.54, 1.807) is 42.9 Å². The van der Waals surface area contributed by atoms with Crippen LogP contribution in [0.5, 0.6) is 0 Å². The molecular weight excluding hydrogens is 459 g/mol. The van der Waals surface area contributed by atoms with Gasteiger partial charge in [-0.3, -0.25) is 9.78 Å². The Kier molecular flexibility index (Phi) is 8.12. The number of nitrogens with zero attached hydrogens (tertiary/aromatic N) is 3. The van der Waals surface area contributed by atoms with Gasteiger partial charge in [-0.25, -0.2) is 14.5 Å². The summed E-state index contributed by atoms with van der Waals surface area (Å²) in [6, 6.07) is 11.0.